The molecule has 1 aliphatic heterocycles. The summed E-state index contributed by atoms with van der Waals surface area (Å²) in [7, 11) is -3.79. The summed E-state index contributed by atoms with van der Waals surface area (Å²) in [6, 6.07) is 14.4. The quantitative estimate of drug-likeness (QED) is 0.695. The maximum atomic E-state index is 13.0. The van der Waals surface area contributed by atoms with Crippen molar-refractivity contribution in [2.45, 2.75) is 30.3 Å². The molecule has 1 aliphatic rings. The van der Waals surface area contributed by atoms with Crippen LogP contribution < -0.4 is 5.32 Å². The minimum atomic E-state index is -3.79. The molecule has 8 heteroatoms. The fourth-order valence-corrected chi connectivity index (χ4v) is 6.15. The van der Waals surface area contributed by atoms with Crippen molar-refractivity contribution in [1.82, 2.24) is 9.62 Å². The molecule has 1 N–H and O–H groups in total. The second-order valence-corrected chi connectivity index (χ2v) is 9.55. The number of nitrogens with one attached hydrogen (secondary N) is 1. The summed E-state index contributed by atoms with van der Waals surface area (Å²) < 4.78 is 27.2. The van der Waals surface area contributed by atoms with Crippen molar-refractivity contribution in [1.29, 1.82) is 0 Å². The Kier molecular flexibility index (Phi) is 6.53. The predicted octanol–water partition coefficient (Wildman–Crippen LogP) is 1.99. The summed E-state index contributed by atoms with van der Waals surface area (Å²) in [5.41, 5.74) is 1.88. The van der Waals surface area contributed by atoms with Crippen molar-refractivity contribution in [3.8, 4) is 0 Å². The Bertz CT molecular complexity index is 930. The van der Waals surface area contributed by atoms with Gasteiger partial charge in [0, 0.05) is 5.75 Å². The van der Waals surface area contributed by atoms with E-state index >= 15 is 0 Å². The number of amides is 1. The van der Waals surface area contributed by atoms with Crippen LogP contribution in [0.25, 0.3) is 0 Å². The van der Waals surface area contributed by atoms with E-state index in [2.05, 4.69) is 5.32 Å². The van der Waals surface area contributed by atoms with Crippen LogP contribution in [0.1, 0.15) is 11.1 Å². The maximum absolute atomic E-state index is 13.0. The van der Waals surface area contributed by atoms with Crippen molar-refractivity contribution in [2.75, 3.05) is 11.6 Å². The third kappa shape index (κ3) is 4.63. The fraction of sp³-hybridized carbons (Fsp3) is 0.300. The standard InChI is InChI=1S/C20H22N2O4S2/c1-15-7-9-18(10-8-15)28(25,26)22-14-27-13-19(22)20(24)21-17(12-23)11-16-5-3-2-4-6-16/h2-10,12,17,19H,11,13-14H2,1H3,(H,21,24)/t17?,19-/m1/s1. The Labute approximate surface area is 169 Å². The number of hydrogen-bond acceptors (Lipinski definition) is 5. The summed E-state index contributed by atoms with van der Waals surface area (Å²) in [6.07, 6.45) is 1.05. The highest BCUT2D eigenvalue weighted by atomic mass is 32.2. The second-order valence-electron chi connectivity index (χ2n) is 6.66. The molecule has 2 aromatic rings. The van der Waals surface area contributed by atoms with E-state index in [1.54, 1.807) is 24.3 Å². The van der Waals surface area contributed by atoms with E-state index in [1.807, 2.05) is 37.3 Å². The number of thioether (sulfide) groups is 1. The van der Waals surface area contributed by atoms with Gasteiger partial charge in [0.1, 0.15) is 12.3 Å². The highest BCUT2D eigenvalue weighted by Gasteiger charge is 2.40. The minimum absolute atomic E-state index is 0.162. The van der Waals surface area contributed by atoms with Crippen molar-refractivity contribution in [2.24, 2.45) is 0 Å². The van der Waals surface area contributed by atoms with Crippen molar-refractivity contribution < 1.29 is 18.0 Å². The largest absolute Gasteiger partial charge is 0.345 e. The van der Waals surface area contributed by atoms with E-state index in [0.29, 0.717) is 18.5 Å². The summed E-state index contributed by atoms with van der Waals surface area (Å²) in [5, 5.41) is 2.69. The van der Waals surface area contributed by atoms with Gasteiger partial charge in [0.25, 0.3) is 0 Å². The van der Waals surface area contributed by atoms with E-state index in [4.69, 9.17) is 0 Å². The molecule has 28 heavy (non-hydrogen) atoms. The average molecular weight is 419 g/mol. The SMILES string of the molecule is Cc1ccc(S(=O)(=O)N2CSC[C@@H]2C(=O)NC(C=O)Cc2ccccc2)cc1. The van der Waals surface area contributed by atoms with Crippen LogP contribution >= 0.6 is 11.8 Å². The third-order valence-electron chi connectivity index (χ3n) is 4.56. The minimum Gasteiger partial charge on any atom is -0.345 e. The molecule has 1 saturated heterocycles. The van der Waals surface area contributed by atoms with Gasteiger partial charge < -0.3 is 10.1 Å². The van der Waals surface area contributed by atoms with Crippen LogP contribution in [0.4, 0.5) is 0 Å². The van der Waals surface area contributed by atoms with Gasteiger partial charge in [-0.25, -0.2) is 8.42 Å². The molecule has 0 radical (unpaired) electrons. The molecule has 1 heterocycles. The number of aryl methyl sites for hydroxylation is 1. The van der Waals surface area contributed by atoms with Gasteiger partial charge >= 0.3 is 0 Å². The van der Waals surface area contributed by atoms with E-state index in [1.165, 1.54) is 16.1 Å². The monoisotopic (exact) mass is 418 g/mol. The van der Waals surface area contributed by atoms with E-state index < -0.39 is 28.0 Å². The fourth-order valence-electron chi connectivity index (χ4n) is 3.00. The smallest absolute Gasteiger partial charge is 0.244 e. The molecule has 148 valence electrons. The normalized spacial score (nSPS) is 18.5. The van der Waals surface area contributed by atoms with E-state index in [9.17, 15) is 18.0 Å². The zero-order valence-electron chi connectivity index (χ0n) is 15.4. The highest BCUT2D eigenvalue weighted by molar-refractivity contribution is 8.00. The molecule has 1 fully saturated rings. The molecular formula is C20H22N2O4S2. The van der Waals surface area contributed by atoms with Crippen LogP contribution in [0, 0.1) is 6.92 Å². The molecule has 1 unspecified atom stereocenters. The lowest BCUT2D eigenvalue weighted by Gasteiger charge is -2.24. The Morgan fingerprint density at radius 3 is 2.54 bits per heavy atom. The van der Waals surface area contributed by atoms with Crippen LogP contribution in [-0.2, 0) is 26.0 Å². The van der Waals surface area contributed by atoms with Crippen LogP contribution in [0.3, 0.4) is 0 Å². The third-order valence-corrected chi connectivity index (χ3v) is 7.61. The zero-order chi connectivity index (χ0) is 20.1. The van der Waals surface area contributed by atoms with Gasteiger partial charge in [0.15, 0.2) is 0 Å². The van der Waals surface area contributed by atoms with Crippen LogP contribution in [0.5, 0.6) is 0 Å². The first-order chi connectivity index (χ1) is 13.4. The van der Waals surface area contributed by atoms with Gasteiger partial charge in [-0.2, -0.15) is 4.31 Å². The number of carbonyl (C=O) groups excluding carboxylic acids is 2. The first kappa shape index (κ1) is 20.6. The first-order valence-electron chi connectivity index (χ1n) is 8.87. The van der Waals surface area contributed by atoms with Gasteiger partial charge in [-0.3, -0.25) is 4.79 Å². The molecule has 0 saturated carbocycles. The summed E-state index contributed by atoms with van der Waals surface area (Å²) in [4.78, 5) is 24.4. The molecule has 3 rings (SSSR count). The number of aldehydes is 1. The van der Waals surface area contributed by atoms with Gasteiger partial charge in [0.05, 0.1) is 16.8 Å². The summed E-state index contributed by atoms with van der Waals surface area (Å²) in [5.74, 6) is 0.112. The molecule has 2 atom stereocenters. The molecule has 0 bridgehead atoms. The molecular weight excluding hydrogens is 396 g/mol. The van der Waals surface area contributed by atoms with Crippen molar-refractivity contribution >= 4 is 34.0 Å². The topological polar surface area (TPSA) is 83.6 Å². The number of sulfonamides is 1. The second kappa shape index (κ2) is 8.89. The van der Waals surface area contributed by atoms with Crippen LogP contribution in [0.15, 0.2) is 59.5 Å². The Balaban J connectivity index is 1.73. The molecule has 1 amide bonds. The molecule has 0 spiro atoms. The molecule has 0 aliphatic carbocycles. The Hall–Kier alpha value is -2.16. The molecule has 2 aromatic carbocycles. The first-order valence-corrected chi connectivity index (χ1v) is 11.5. The van der Waals surface area contributed by atoms with Gasteiger partial charge in [0.2, 0.25) is 15.9 Å². The van der Waals surface area contributed by atoms with Gasteiger partial charge in [-0.15, -0.1) is 11.8 Å². The number of hydrogen-bond donors (Lipinski definition) is 1. The maximum Gasteiger partial charge on any atom is 0.244 e. The highest BCUT2D eigenvalue weighted by Crippen LogP contribution is 2.28. The van der Waals surface area contributed by atoms with Gasteiger partial charge in [-0.05, 0) is 31.0 Å². The average Bonchev–Trinajstić information content (AvgIpc) is 3.19. The van der Waals surface area contributed by atoms with Crippen LogP contribution in [-0.4, -0.2) is 48.6 Å². The van der Waals surface area contributed by atoms with E-state index in [-0.39, 0.29) is 10.8 Å². The number of benzene rings is 2. The van der Waals surface area contributed by atoms with Crippen molar-refractivity contribution in [3.05, 3.63) is 65.7 Å². The lowest BCUT2D eigenvalue weighted by atomic mass is 10.1. The number of carbonyl (C=O) groups is 2. The lowest BCUT2D eigenvalue weighted by Crippen LogP contribution is -2.50. The Morgan fingerprint density at radius 1 is 1.21 bits per heavy atom. The van der Waals surface area contributed by atoms with Gasteiger partial charge in [-0.1, -0.05) is 48.0 Å². The van der Waals surface area contributed by atoms with E-state index in [0.717, 1.165) is 11.1 Å². The van der Waals surface area contributed by atoms with Crippen molar-refractivity contribution in [3.63, 3.8) is 0 Å². The Morgan fingerprint density at radius 2 is 1.89 bits per heavy atom. The summed E-state index contributed by atoms with van der Waals surface area (Å²) in [6.45, 7) is 1.88. The lowest BCUT2D eigenvalue weighted by molar-refractivity contribution is -0.126. The zero-order valence-corrected chi connectivity index (χ0v) is 17.1. The summed E-state index contributed by atoms with van der Waals surface area (Å²) >= 11 is 1.38. The number of rotatable bonds is 7. The molecule has 0 aromatic heterocycles. The predicted molar refractivity (Wildman–Crippen MR) is 109 cm³/mol. The number of nitrogens with zero attached hydrogens (tertiary/aromatic N) is 1. The molecule has 6 nitrogen and oxygen atoms in total. The van der Waals surface area contributed by atoms with Crippen LogP contribution in [0.2, 0.25) is 0 Å².